The molecule has 240 valence electrons. The molecular formula is C34H37Cl2F2N3O3S. The second-order valence-corrected chi connectivity index (χ2v) is 14.1. The Balaban J connectivity index is 1.52. The van der Waals surface area contributed by atoms with Crippen molar-refractivity contribution in [3.63, 3.8) is 0 Å². The van der Waals surface area contributed by atoms with Crippen LogP contribution >= 0.6 is 34.7 Å². The van der Waals surface area contributed by atoms with Crippen molar-refractivity contribution >= 4 is 52.4 Å². The van der Waals surface area contributed by atoms with Gasteiger partial charge in [-0.05, 0) is 85.9 Å². The molecule has 5 rings (SSSR count). The third-order valence-electron chi connectivity index (χ3n) is 8.78. The maximum atomic E-state index is 15.5. The zero-order valence-corrected chi connectivity index (χ0v) is 28.3. The Morgan fingerprint density at radius 3 is 2.20 bits per heavy atom. The van der Waals surface area contributed by atoms with Gasteiger partial charge in [0.05, 0.1) is 17.0 Å². The summed E-state index contributed by atoms with van der Waals surface area (Å²) >= 11 is 13.9. The fourth-order valence-electron chi connectivity index (χ4n) is 6.16. The van der Waals surface area contributed by atoms with Crippen LogP contribution in [0.15, 0.2) is 48.5 Å². The molecule has 2 aliphatic carbocycles. The molecule has 0 spiro atoms. The number of carbonyl (C=O) groups excluding carboxylic acids is 2. The smallest absolute Gasteiger partial charge is 0.266 e. The van der Waals surface area contributed by atoms with Crippen molar-refractivity contribution in [1.29, 1.82) is 0 Å². The number of hydrogen-bond donors (Lipinski definition) is 0. The minimum Gasteiger partial charge on any atom is -0.496 e. The summed E-state index contributed by atoms with van der Waals surface area (Å²) in [7, 11) is 6.83. The lowest BCUT2D eigenvalue weighted by Crippen LogP contribution is -2.44. The van der Waals surface area contributed by atoms with Gasteiger partial charge in [-0.25, -0.2) is 13.2 Å². The molecule has 1 unspecified atom stereocenters. The van der Waals surface area contributed by atoms with E-state index in [1.165, 1.54) is 17.9 Å². The van der Waals surface area contributed by atoms with Crippen LogP contribution < -0.4 is 4.74 Å². The van der Waals surface area contributed by atoms with Crippen LogP contribution in [0.3, 0.4) is 0 Å². The average molecular weight is 677 g/mol. The molecule has 1 heterocycles. The van der Waals surface area contributed by atoms with Gasteiger partial charge in [0.2, 0.25) is 0 Å². The molecule has 0 N–H and O–H groups in total. The Labute approximate surface area is 277 Å². The number of rotatable bonds is 8. The Hall–Kier alpha value is -2.98. The van der Waals surface area contributed by atoms with Crippen molar-refractivity contribution in [2.45, 2.75) is 63.3 Å². The van der Waals surface area contributed by atoms with E-state index in [1.54, 1.807) is 42.7 Å². The van der Waals surface area contributed by atoms with Crippen molar-refractivity contribution in [2.75, 3.05) is 28.3 Å². The molecule has 3 aromatic rings. The number of alkyl halides is 1. The van der Waals surface area contributed by atoms with Crippen LogP contribution in [-0.2, 0) is 12.2 Å². The van der Waals surface area contributed by atoms with Gasteiger partial charge in [0, 0.05) is 62.9 Å². The molecular weight excluding hydrogens is 639 g/mol. The molecule has 0 aliphatic heterocycles. The molecule has 2 aromatic carbocycles. The first kappa shape index (κ1) is 33.4. The molecule has 1 atom stereocenters. The van der Waals surface area contributed by atoms with Crippen molar-refractivity contribution in [2.24, 2.45) is 0 Å². The summed E-state index contributed by atoms with van der Waals surface area (Å²) in [4.78, 5) is 30.4. The van der Waals surface area contributed by atoms with Gasteiger partial charge in [0.25, 0.3) is 11.8 Å². The topological polar surface area (TPSA) is 53.1 Å². The predicted octanol–water partition coefficient (Wildman–Crippen LogP) is 8.72. The average Bonchev–Trinajstić information content (AvgIpc) is 3.40. The maximum absolute atomic E-state index is 15.5. The predicted molar refractivity (Wildman–Crippen MR) is 177 cm³/mol. The van der Waals surface area contributed by atoms with Crippen LogP contribution in [0.25, 0.3) is 17.0 Å². The highest BCUT2D eigenvalue weighted by Gasteiger charge is 2.40. The summed E-state index contributed by atoms with van der Waals surface area (Å²) < 4.78 is 37.8. The maximum Gasteiger partial charge on any atom is 0.266 e. The molecule has 1 fully saturated rings. The van der Waals surface area contributed by atoms with Crippen LogP contribution in [-0.4, -0.2) is 66.4 Å². The molecule has 2 amide bonds. The third-order valence-corrected chi connectivity index (χ3v) is 11.0. The number of ether oxygens (including phenoxy) is 1. The van der Waals surface area contributed by atoms with Gasteiger partial charge in [0.1, 0.15) is 22.1 Å². The van der Waals surface area contributed by atoms with Gasteiger partial charge < -0.3 is 14.5 Å². The minimum absolute atomic E-state index is 0.0236. The molecule has 11 heteroatoms. The first-order valence-corrected chi connectivity index (χ1v) is 16.4. The molecule has 1 saturated carbocycles. The number of methoxy groups -OCH3 is 1. The molecule has 45 heavy (non-hydrogen) atoms. The summed E-state index contributed by atoms with van der Waals surface area (Å²) in [6, 6.07) is 13.2. The number of benzene rings is 2. The monoisotopic (exact) mass is 675 g/mol. The molecule has 6 nitrogen and oxygen atoms in total. The minimum atomic E-state index is -1.82. The summed E-state index contributed by atoms with van der Waals surface area (Å²) in [5, 5.41) is -0.0513. The molecule has 0 bridgehead atoms. The number of hydrogen-bond acceptors (Lipinski definition) is 5. The highest BCUT2D eigenvalue weighted by Crippen LogP contribution is 2.50. The lowest BCUT2D eigenvalue weighted by Gasteiger charge is -2.38. The molecule has 1 aromatic heterocycles. The van der Waals surface area contributed by atoms with Crippen LogP contribution in [0.1, 0.15) is 75.1 Å². The van der Waals surface area contributed by atoms with Crippen LogP contribution in [0, 0.1) is 0 Å². The number of fused-ring (bicyclic) bond motifs is 1. The lowest BCUT2D eigenvalue weighted by molar-refractivity contribution is 0.0589. The van der Waals surface area contributed by atoms with Gasteiger partial charge in [-0.1, -0.05) is 29.8 Å². The fourth-order valence-corrected chi connectivity index (χ4v) is 7.99. The second-order valence-electron chi connectivity index (χ2n) is 12.1. The van der Waals surface area contributed by atoms with Gasteiger partial charge in [-0.15, -0.1) is 11.3 Å². The number of nitrogens with zero attached hydrogens (tertiary/aromatic N) is 3. The number of amides is 2. The van der Waals surface area contributed by atoms with Gasteiger partial charge >= 0.3 is 0 Å². The van der Waals surface area contributed by atoms with E-state index < -0.39 is 11.5 Å². The number of halogens is 4. The molecule has 0 saturated heterocycles. The molecule has 0 radical (unpaired) electrons. The van der Waals surface area contributed by atoms with Gasteiger partial charge in [-0.3, -0.25) is 9.59 Å². The van der Waals surface area contributed by atoms with Crippen LogP contribution in [0.5, 0.6) is 5.75 Å². The third kappa shape index (κ3) is 6.77. The van der Waals surface area contributed by atoms with E-state index in [-0.39, 0.29) is 57.2 Å². The highest BCUT2D eigenvalue weighted by molar-refractivity contribution is 7.15. The van der Waals surface area contributed by atoms with Gasteiger partial charge in [-0.2, -0.15) is 0 Å². The summed E-state index contributed by atoms with van der Waals surface area (Å²) in [6.07, 6.45) is 4.06. The Bertz CT molecular complexity index is 1610. The quantitative estimate of drug-likeness (QED) is 0.224. The van der Waals surface area contributed by atoms with Crippen molar-refractivity contribution in [3.8, 4) is 16.9 Å². The van der Waals surface area contributed by atoms with Crippen molar-refractivity contribution in [3.05, 3.63) is 80.0 Å². The number of allylic oxidation sites excluding steroid dienone is 1. The molecule has 2 aliphatic rings. The summed E-state index contributed by atoms with van der Waals surface area (Å²) in [5.74, 6) is -0.458. The van der Waals surface area contributed by atoms with E-state index in [4.69, 9.17) is 28.1 Å². The first-order valence-electron chi connectivity index (χ1n) is 14.9. The Morgan fingerprint density at radius 1 is 1.00 bits per heavy atom. The largest absolute Gasteiger partial charge is 0.496 e. The van der Waals surface area contributed by atoms with Crippen molar-refractivity contribution < 1.29 is 23.1 Å². The summed E-state index contributed by atoms with van der Waals surface area (Å²) in [5.41, 5.74) is 1.29. The van der Waals surface area contributed by atoms with E-state index in [2.05, 4.69) is 0 Å². The van der Waals surface area contributed by atoms with E-state index in [9.17, 15) is 14.0 Å². The van der Waals surface area contributed by atoms with E-state index in [0.29, 0.717) is 24.2 Å². The van der Waals surface area contributed by atoms with Crippen LogP contribution in [0.4, 0.5) is 8.78 Å². The highest BCUT2D eigenvalue weighted by atomic mass is 35.5. The van der Waals surface area contributed by atoms with Gasteiger partial charge in [0.15, 0.2) is 0 Å². The fraction of sp³-hybridized carbons (Fsp3) is 0.412. The SMILES string of the molecule is COc1ccc(-c2ccc(C(=O)N(C)C)cc2)cc1CN(C(=O)c1sc2c(c1Cl)C(F)=CCC2(C)F)C1CCC(N(C)Cl)CC1. The standard InChI is InChI=1S/C34H37Cl2F2N3O3S/c1-34(38)17-16-26(37)28-29(35)30(45-31(28)34)33(43)41(25-13-11-24(12-14-25)40(4)36)19-23-18-22(10-15-27(23)44-5)20-6-8-21(9-7-20)32(42)39(2)3/h6-10,15-16,18,24-25H,11-14,17,19H2,1-5H3. The zero-order chi connectivity index (χ0) is 32.6. The Kier molecular flexibility index (Phi) is 9.94. The first-order chi connectivity index (χ1) is 21.3. The van der Waals surface area contributed by atoms with Crippen molar-refractivity contribution in [1.82, 2.24) is 14.2 Å². The Morgan fingerprint density at radius 2 is 1.62 bits per heavy atom. The summed E-state index contributed by atoms with van der Waals surface area (Å²) in [6.45, 7) is 1.58. The normalized spacial score (nSPS) is 21.2. The zero-order valence-electron chi connectivity index (χ0n) is 26.0. The van der Waals surface area contributed by atoms with E-state index >= 15 is 4.39 Å². The number of thiophene rings is 1. The van der Waals surface area contributed by atoms with E-state index in [1.807, 2.05) is 37.4 Å². The van der Waals surface area contributed by atoms with Crippen LogP contribution in [0.2, 0.25) is 5.02 Å². The van der Waals surface area contributed by atoms with E-state index in [0.717, 1.165) is 40.9 Å². The second kappa shape index (κ2) is 13.4. The number of carbonyl (C=O) groups is 2. The lowest BCUT2D eigenvalue weighted by atomic mass is 9.89.